The first-order chi connectivity index (χ1) is 14.0. The summed E-state index contributed by atoms with van der Waals surface area (Å²) in [5.74, 6) is -0.358. The maximum atomic E-state index is 12.9. The first-order valence-corrected chi connectivity index (χ1v) is 9.76. The van der Waals surface area contributed by atoms with Gasteiger partial charge < -0.3 is 19.5 Å². The lowest BCUT2D eigenvalue weighted by Crippen LogP contribution is -2.30. The van der Waals surface area contributed by atoms with Gasteiger partial charge in [-0.25, -0.2) is 0 Å². The maximum absolute atomic E-state index is 12.9. The normalized spacial score (nSPS) is 19.8. The Balaban J connectivity index is 1.85. The number of nitrogens with zero attached hydrogens (tertiary/aromatic N) is 1. The van der Waals surface area contributed by atoms with Crippen LogP contribution in [0.3, 0.4) is 0 Å². The number of ether oxygens (including phenoxy) is 2. The van der Waals surface area contributed by atoms with E-state index in [2.05, 4.69) is 0 Å². The predicted molar refractivity (Wildman–Crippen MR) is 108 cm³/mol. The molecule has 1 atom stereocenters. The molecule has 6 nitrogen and oxygen atoms in total. The molecule has 150 valence electrons. The lowest BCUT2D eigenvalue weighted by atomic mass is 9.94. The zero-order chi connectivity index (χ0) is 20.5. The number of ketones is 1. The van der Waals surface area contributed by atoms with Crippen molar-refractivity contribution in [1.29, 1.82) is 0 Å². The summed E-state index contributed by atoms with van der Waals surface area (Å²) in [6.07, 6.45) is 1.67. The van der Waals surface area contributed by atoms with E-state index in [0.29, 0.717) is 23.6 Å². The number of likely N-dealkylation sites (tertiary alicyclic amines) is 1. The molecular weight excluding hydrogens is 370 g/mol. The highest BCUT2D eigenvalue weighted by atomic mass is 16.7. The van der Waals surface area contributed by atoms with Crippen LogP contribution in [0, 0.1) is 6.92 Å². The molecule has 6 heteroatoms. The van der Waals surface area contributed by atoms with Crippen LogP contribution >= 0.6 is 0 Å². The minimum Gasteiger partial charge on any atom is -0.507 e. The molecule has 0 saturated carbocycles. The Labute approximate surface area is 169 Å². The van der Waals surface area contributed by atoms with Crippen molar-refractivity contribution in [2.24, 2.45) is 0 Å². The quantitative estimate of drug-likeness (QED) is 0.473. The van der Waals surface area contributed by atoms with Crippen molar-refractivity contribution in [3.05, 3.63) is 64.7 Å². The third kappa shape index (κ3) is 3.35. The van der Waals surface area contributed by atoms with E-state index in [1.165, 1.54) is 0 Å². The fourth-order valence-electron chi connectivity index (χ4n) is 3.83. The summed E-state index contributed by atoms with van der Waals surface area (Å²) in [6.45, 7) is 4.56. The molecule has 1 fully saturated rings. The Kier molecular flexibility index (Phi) is 5.01. The lowest BCUT2D eigenvalue weighted by Gasteiger charge is -2.25. The fourth-order valence-corrected chi connectivity index (χ4v) is 3.83. The number of aliphatic hydroxyl groups excluding tert-OH is 1. The highest BCUT2D eigenvalue weighted by molar-refractivity contribution is 6.46. The topological polar surface area (TPSA) is 76.1 Å². The second kappa shape index (κ2) is 7.62. The van der Waals surface area contributed by atoms with Crippen molar-refractivity contribution >= 4 is 17.4 Å². The minimum atomic E-state index is -0.664. The highest BCUT2D eigenvalue weighted by Crippen LogP contribution is 2.41. The Bertz CT molecular complexity index is 1010. The average molecular weight is 393 g/mol. The van der Waals surface area contributed by atoms with Gasteiger partial charge in [-0.2, -0.15) is 0 Å². The van der Waals surface area contributed by atoms with Crippen LogP contribution in [0.4, 0.5) is 0 Å². The Morgan fingerprint density at radius 2 is 1.93 bits per heavy atom. The number of hydrogen-bond acceptors (Lipinski definition) is 5. The number of hydrogen-bond donors (Lipinski definition) is 1. The van der Waals surface area contributed by atoms with Crippen LogP contribution in [0.1, 0.15) is 42.5 Å². The zero-order valence-corrected chi connectivity index (χ0v) is 16.5. The summed E-state index contributed by atoms with van der Waals surface area (Å²) in [6, 6.07) is 12.0. The van der Waals surface area contributed by atoms with Gasteiger partial charge in [-0.3, -0.25) is 9.59 Å². The van der Waals surface area contributed by atoms with Crippen LogP contribution in [0.5, 0.6) is 11.5 Å². The molecule has 1 unspecified atom stereocenters. The smallest absolute Gasteiger partial charge is 0.295 e. The summed E-state index contributed by atoms with van der Waals surface area (Å²) < 4.78 is 10.7. The maximum Gasteiger partial charge on any atom is 0.295 e. The number of rotatable bonds is 5. The van der Waals surface area contributed by atoms with Gasteiger partial charge in [0.05, 0.1) is 11.6 Å². The van der Waals surface area contributed by atoms with Crippen molar-refractivity contribution in [2.45, 2.75) is 32.7 Å². The van der Waals surface area contributed by atoms with Gasteiger partial charge in [0.25, 0.3) is 11.7 Å². The van der Waals surface area contributed by atoms with E-state index in [9.17, 15) is 14.7 Å². The molecule has 2 aromatic rings. The Morgan fingerprint density at radius 3 is 2.69 bits per heavy atom. The molecule has 0 spiro atoms. The predicted octanol–water partition coefficient (Wildman–Crippen LogP) is 3.95. The molecule has 2 aromatic carbocycles. The molecule has 0 aromatic heterocycles. The van der Waals surface area contributed by atoms with Gasteiger partial charge in [0.15, 0.2) is 11.5 Å². The van der Waals surface area contributed by atoms with E-state index >= 15 is 0 Å². The molecule has 0 bridgehead atoms. The number of aryl methyl sites for hydroxylation is 1. The second-order valence-electron chi connectivity index (χ2n) is 7.33. The van der Waals surface area contributed by atoms with Crippen molar-refractivity contribution in [3.63, 3.8) is 0 Å². The molecule has 1 saturated heterocycles. The van der Waals surface area contributed by atoms with Crippen molar-refractivity contribution in [1.82, 2.24) is 4.90 Å². The van der Waals surface area contributed by atoms with Gasteiger partial charge in [0, 0.05) is 12.1 Å². The van der Waals surface area contributed by atoms with Gasteiger partial charge in [0.2, 0.25) is 6.79 Å². The van der Waals surface area contributed by atoms with Gasteiger partial charge >= 0.3 is 0 Å². The third-order valence-electron chi connectivity index (χ3n) is 5.30. The van der Waals surface area contributed by atoms with E-state index in [1.54, 1.807) is 23.1 Å². The van der Waals surface area contributed by atoms with Crippen LogP contribution < -0.4 is 9.47 Å². The van der Waals surface area contributed by atoms with Crippen LogP contribution in [-0.2, 0) is 9.59 Å². The molecule has 1 N–H and O–H groups in total. The fraction of sp³-hybridized carbons (Fsp3) is 0.304. The molecule has 2 aliphatic rings. The monoisotopic (exact) mass is 393 g/mol. The van der Waals surface area contributed by atoms with Gasteiger partial charge in [-0.15, -0.1) is 0 Å². The first kappa shape index (κ1) is 19.1. The molecule has 2 aliphatic heterocycles. The van der Waals surface area contributed by atoms with Crippen molar-refractivity contribution in [3.8, 4) is 11.5 Å². The lowest BCUT2D eigenvalue weighted by molar-refractivity contribution is -0.139. The van der Waals surface area contributed by atoms with E-state index in [1.807, 2.05) is 38.1 Å². The van der Waals surface area contributed by atoms with E-state index in [-0.39, 0.29) is 18.1 Å². The van der Waals surface area contributed by atoms with E-state index < -0.39 is 17.7 Å². The molecule has 0 radical (unpaired) electrons. The molecule has 4 rings (SSSR count). The van der Waals surface area contributed by atoms with Gasteiger partial charge in [-0.1, -0.05) is 43.2 Å². The van der Waals surface area contributed by atoms with E-state index in [4.69, 9.17) is 9.47 Å². The summed E-state index contributed by atoms with van der Waals surface area (Å²) >= 11 is 0. The number of fused-ring (bicyclic) bond motifs is 1. The minimum absolute atomic E-state index is 0.107. The largest absolute Gasteiger partial charge is 0.507 e. The molecule has 1 amide bonds. The van der Waals surface area contributed by atoms with Gasteiger partial charge in [0.1, 0.15) is 5.76 Å². The summed E-state index contributed by atoms with van der Waals surface area (Å²) in [7, 11) is 0. The number of aliphatic hydroxyl groups is 1. The van der Waals surface area contributed by atoms with Crippen LogP contribution in [0.25, 0.3) is 5.76 Å². The van der Waals surface area contributed by atoms with Crippen LogP contribution in [0.15, 0.2) is 48.0 Å². The molecule has 29 heavy (non-hydrogen) atoms. The van der Waals surface area contributed by atoms with Gasteiger partial charge in [-0.05, 0) is 37.1 Å². The average Bonchev–Trinajstić information content (AvgIpc) is 3.28. The summed E-state index contributed by atoms with van der Waals surface area (Å²) in [5, 5.41) is 11.1. The molecular formula is C23H23NO5. The number of unbranched alkanes of at least 4 members (excludes halogenated alkanes) is 1. The SMILES string of the molecule is CCCCN1C(=O)C(=O)/C(=C(\O)c2ccc3c(c2)OCO3)C1c1cccc(C)c1. The third-order valence-corrected chi connectivity index (χ3v) is 5.30. The van der Waals surface area contributed by atoms with Crippen LogP contribution in [0.2, 0.25) is 0 Å². The summed E-state index contributed by atoms with van der Waals surface area (Å²) in [5.41, 5.74) is 2.35. The Hall–Kier alpha value is -3.28. The van der Waals surface area contributed by atoms with Crippen LogP contribution in [-0.4, -0.2) is 35.0 Å². The number of carbonyl (C=O) groups is 2. The van der Waals surface area contributed by atoms with E-state index in [0.717, 1.165) is 24.0 Å². The first-order valence-electron chi connectivity index (χ1n) is 9.76. The highest BCUT2D eigenvalue weighted by Gasteiger charge is 2.45. The standard InChI is InChI=1S/C23H23NO5/c1-3-4-10-24-20(15-7-5-6-14(2)11-15)19(22(26)23(24)27)21(25)16-8-9-17-18(12-16)29-13-28-17/h5-9,11-12,20,25H,3-4,10,13H2,1-2H3/b21-19-. The number of Topliss-reactive ketones (excluding diaryl/α,β-unsaturated/α-hetero) is 1. The summed E-state index contributed by atoms with van der Waals surface area (Å²) in [4.78, 5) is 27.3. The van der Waals surface area contributed by atoms with Crippen molar-refractivity contribution in [2.75, 3.05) is 13.3 Å². The number of carbonyl (C=O) groups excluding carboxylic acids is 2. The number of amides is 1. The zero-order valence-electron chi connectivity index (χ0n) is 16.5. The van der Waals surface area contributed by atoms with Crippen molar-refractivity contribution < 1.29 is 24.2 Å². The Morgan fingerprint density at radius 1 is 1.14 bits per heavy atom. The molecule has 2 heterocycles. The number of benzene rings is 2. The second-order valence-corrected chi connectivity index (χ2v) is 7.33. The molecule has 0 aliphatic carbocycles.